The monoisotopic (exact) mass is 461 g/mol. The molecule has 164 valence electrons. The zero-order chi connectivity index (χ0) is 22.2. The zero-order valence-electron chi connectivity index (χ0n) is 17.2. The van der Waals surface area contributed by atoms with Gasteiger partial charge in [-0.15, -0.1) is 0 Å². The van der Waals surface area contributed by atoms with Crippen LogP contribution in [0.2, 0.25) is 5.02 Å². The number of carbonyl (C=O) groups excluding carboxylic acids is 2. The van der Waals surface area contributed by atoms with E-state index in [1.54, 1.807) is 30.3 Å². The molecule has 2 aromatic carbocycles. The number of amides is 2. The molecule has 0 aliphatic carbocycles. The molecule has 2 amide bonds. The van der Waals surface area contributed by atoms with Crippen LogP contribution in [0.25, 0.3) is 0 Å². The summed E-state index contributed by atoms with van der Waals surface area (Å²) in [5.41, 5.74) is 1.88. The van der Waals surface area contributed by atoms with E-state index >= 15 is 0 Å². The fraction of sp³-hybridized carbons (Fsp3) is 0.364. The van der Waals surface area contributed by atoms with Crippen LogP contribution < -0.4 is 10.2 Å². The van der Waals surface area contributed by atoms with E-state index in [1.165, 1.54) is 16.4 Å². The minimum absolute atomic E-state index is 0.0121. The lowest BCUT2D eigenvalue weighted by molar-refractivity contribution is -0.121. The minimum Gasteiger partial charge on any atom is -0.373 e. The Morgan fingerprint density at radius 3 is 2.32 bits per heavy atom. The summed E-state index contributed by atoms with van der Waals surface area (Å²) in [5.74, 6) is -0.679. The van der Waals surface area contributed by atoms with Crippen molar-refractivity contribution in [1.29, 1.82) is 0 Å². The fourth-order valence-corrected chi connectivity index (χ4v) is 5.61. The van der Waals surface area contributed by atoms with Crippen molar-refractivity contribution in [2.24, 2.45) is 0 Å². The highest BCUT2D eigenvalue weighted by molar-refractivity contribution is 7.89. The second-order valence-electron chi connectivity index (χ2n) is 7.89. The molecule has 2 saturated heterocycles. The standard InChI is InChI=1S/C22H24ClN3O4S/c1-15-5-8-17(13-19(15)23)26-21(27)14-20(22(26)28)24-16-6-9-18(10-7-16)31(29,30)25-11-3-2-4-12-25/h5-10,13,20,24H,2-4,11-12,14H2,1H3. The van der Waals surface area contributed by atoms with Crippen molar-refractivity contribution >= 4 is 44.8 Å². The number of piperidine rings is 1. The second-order valence-corrected chi connectivity index (χ2v) is 10.2. The summed E-state index contributed by atoms with van der Waals surface area (Å²) in [4.78, 5) is 26.7. The topological polar surface area (TPSA) is 86.8 Å². The smallest absolute Gasteiger partial charge is 0.256 e. The molecule has 4 rings (SSSR count). The van der Waals surface area contributed by atoms with Crippen LogP contribution in [-0.4, -0.2) is 43.7 Å². The number of nitrogens with one attached hydrogen (secondary N) is 1. The number of hydrogen-bond acceptors (Lipinski definition) is 5. The van der Waals surface area contributed by atoms with E-state index in [4.69, 9.17) is 11.6 Å². The first-order valence-electron chi connectivity index (χ1n) is 10.3. The first-order valence-corrected chi connectivity index (χ1v) is 12.1. The van der Waals surface area contributed by atoms with Crippen LogP contribution in [0.3, 0.4) is 0 Å². The average Bonchev–Trinajstić information content (AvgIpc) is 3.04. The van der Waals surface area contributed by atoms with Gasteiger partial charge in [0.05, 0.1) is 17.0 Å². The maximum Gasteiger partial charge on any atom is 0.256 e. The number of benzene rings is 2. The van der Waals surface area contributed by atoms with Crippen LogP contribution in [-0.2, 0) is 19.6 Å². The molecule has 0 saturated carbocycles. The highest BCUT2D eigenvalue weighted by atomic mass is 35.5. The molecule has 1 unspecified atom stereocenters. The molecule has 1 atom stereocenters. The highest BCUT2D eigenvalue weighted by Gasteiger charge is 2.39. The summed E-state index contributed by atoms with van der Waals surface area (Å²) in [6.45, 7) is 2.93. The minimum atomic E-state index is -3.51. The quantitative estimate of drug-likeness (QED) is 0.688. The van der Waals surface area contributed by atoms with Crippen LogP contribution in [0, 0.1) is 6.92 Å². The molecule has 2 aliphatic heterocycles. The van der Waals surface area contributed by atoms with E-state index in [1.807, 2.05) is 6.92 Å². The number of halogens is 1. The Labute approximate surface area is 187 Å². The molecule has 0 bridgehead atoms. The van der Waals surface area contributed by atoms with Gasteiger partial charge in [-0.2, -0.15) is 4.31 Å². The van der Waals surface area contributed by atoms with Gasteiger partial charge in [0.25, 0.3) is 5.91 Å². The van der Waals surface area contributed by atoms with Gasteiger partial charge in [-0.05, 0) is 61.7 Å². The van der Waals surface area contributed by atoms with Gasteiger partial charge in [0.1, 0.15) is 6.04 Å². The predicted octanol–water partition coefficient (Wildman–Crippen LogP) is 3.57. The SMILES string of the molecule is Cc1ccc(N2C(=O)CC(Nc3ccc(S(=O)(=O)N4CCCCC4)cc3)C2=O)cc1Cl. The van der Waals surface area contributed by atoms with Gasteiger partial charge in [-0.3, -0.25) is 9.59 Å². The van der Waals surface area contributed by atoms with Crippen molar-refractivity contribution in [1.82, 2.24) is 4.31 Å². The summed E-state index contributed by atoms with van der Waals surface area (Å²) in [6, 6.07) is 10.7. The third-order valence-corrected chi connectivity index (χ3v) is 8.03. The van der Waals surface area contributed by atoms with Crippen LogP contribution in [0.15, 0.2) is 47.4 Å². The van der Waals surface area contributed by atoms with Crippen molar-refractivity contribution in [3.63, 3.8) is 0 Å². The number of carbonyl (C=O) groups is 2. The van der Waals surface area contributed by atoms with E-state index in [9.17, 15) is 18.0 Å². The van der Waals surface area contributed by atoms with Crippen molar-refractivity contribution < 1.29 is 18.0 Å². The first kappa shape index (κ1) is 21.8. The van der Waals surface area contributed by atoms with Crippen molar-refractivity contribution in [3.05, 3.63) is 53.1 Å². The molecule has 31 heavy (non-hydrogen) atoms. The molecule has 1 N–H and O–H groups in total. The van der Waals surface area contributed by atoms with E-state index in [-0.39, 0.29) is 23.1 Å². The molecular formula is C22H24ClN3O4S. The van der Waals surface area contributed by atoms with E-state index in [0.717, 1.165) is 29.7 Å². The Bertz CT molecular complexity index is 1110. The number of nitrogens with zero attached hydrogens (tertiary/aromatic N) is 2. The lowest BCUT2D eigenvalue weighted by Crippen LogP contribution is -2.35. The lowest BCUT2D eigenvalue weighted by Gasteiger charge is -2.26. The van der Waals surface area contributed by atoms with E-state index < -0.39 is 16.1 Å². The van der Waals surface area contributed by atoms with E-state index in [2.05, 4.69) is 5.32 Å². The third kappa shape index (κ3) is 4.33. The van der Waals surface area contributed by atoms with Crippen LogP contribution >= 0.6 is 11.6 Å². The Balaban J connectivity index is 1.47. The van der Waals surface area contributed by atoms with Gasteiger partial charge in [0.2, 0.25) is 15.9 Å². The molecule has 2 heterocycles. The molecular weight excluding hydrogens is 438 g/mol. The lowest BCUT2D eigenvalue weighted by atomic mass is 10.2. The number of imide groups is 1. The normalized spacial score (nSPS) is 20.3. The number of aryl methyl sites for hydroxylation is 1. The van der Waals surface area contributed by atoms with Crippen molar-refractivity contribution in [3.8, 4) is 0 Å². The van der Waals surface area contributed by atoms with Crippen molar-refractivity contribution in [2.45, 2.75) is 43.5 Å². The fourth-order valence-electron chi connectivity index (χ4n) is 3.92. The maximum absolute atomic E-state index is 12.8. The van der Waals surface area contributed by atoms with Gasteiger partial charge in [0.15, 0.2) is 0 Å². The molecule has 0 aromatic heterocycles. The summed E-state index contributed by atoms with van der Waals surface area (Å²) in [5, 5.41) is 3.54. The molecule has 2 aliphatic rings. The molecule has 9 heteroatoms. The molecule has 7 nitrogen and oxygen atoms in total. The summed E-state index contributed by atoms with van der Waals surface area (Å²) >= 11 is 6.14. The van der Waals surface area contributed by atoms with Crippen LogP contribution in [0.5, 0.6) is 0 Å². The highest BCUT2D eigenvalue weighted by Crippen LogP contribution is 2.29. The first-order chi connectivity index (χ1) is 14.8. The Morgan fingerprint density at radius 1 is 1.00 bits per heavy atom. The molecule has 2 fully saturated rings. The van der Waals surface area contributed by atoms with Gasteiger partial charge in [-0.1, -0.05) is 24.1 Å². The predicted molar refractivity (Wildman–Crippen MR) is 120 cm³/mol. The number of hydrogen-bond donors (Lipinski definition) is 1. The Morgan fingerprint density at radius 2 is 1.68 bits per heavy atom. The maximum atomic E-state index is 12.8. The molecule has 0 spiro atoms. The van der Waals surface area contributed by atoms with Crippen LogP contribution in [0.4, 0.5) is 11.4 Å². The summed E-state index contributed by atoms with van der Waals surface area (Å²) in [7, 11) is -3.51. The summed E-state index contributed by atoms with van der Waals surface area (Å²) < 4.78 is 27.1. The van der Waals surface area contributed by atoms with E-state index in [0.29, 0.717) is 29.5 Å². The Hall–Kier alpha value is -2.42. The van der Waals surface area contributed by atoms with Crippen LogP contribution in [0.1, 0.15) is 31.2 Å². The number of sulfonamides is 1. The second kappa shape index (κ2) is 8.61. The van der Waals surface area contributed by atoms with Gasteiger partial charge in [0, 0.05) is 23.8 Å². The molecule has 2 aromatic rings. The number of rotatable bonds is 5. The van der Waals surface area contributed by atoms with Gasteiger partial charge >= 0.3 is 0 Å². The largest absolute Gasteiger partial charge is 0.373 e. The third-order valence-electron chi connectivity index (χ3n) is 5.71. The van der Waals surface area contributed by atoms with Crippen molar-refractivity contribution in [2.75, 3.05) is 23.3 Å². The van der Waals surface area contributed by atoms with Gasteiger partial charge < -0.3 is 5.32 Å². The Kier molecular flexibility index (Phi) is 6.05. The molecule has 0 radical (unpaired) electrons. The average molecular weight is 462 g/mol. The number of anilines is 2. The van der Waals surface area contributed by atoms with Gasteiger partial charge in [-0.25, -0.2) is 13.3 Å². The summed E-state index contributed by atoms with van der Waals surface area (Å²) in [6.07, 6.45) is 2.81. The zero-order valence-corrected chi connectivity index (χ0v) is 18.7.